The van der Waals surface area contributed by atoms with Gasteiger partial charge in [0, 0.05) is 1.43 Å². The highest BCUT2D eigenvalue weighted by Crippen LogP contribution is 2.01. The van der Waals surface area contributed by atoms with Crippen molar-refractivity contribution in [1.29, 1.82) is 0 Å². The highest BCUT2D eigenvalue weighted by Gasteiger charge is 2.03. The molecule has 0 aromatic heterocycles. The molecule has 0 aromatic rings. The van der Waals surface area contributed by atoms with Crippen molar-refractivity contribution in [2.45, 2.75) is 12.8 Å². The van der Waals surface area contributed by atoms with Crippen LogP contribution in [-0.4, -0.2) is 25.0 Å². The first-order chi connectivity index (χ1) is 2.89. The van der Waals surface area contributed by atoms with Crippen LogP contribution in [0.4, 0.5) is 0 Å². The fourth-order valence-corrected chi connectivity index (χ4v) is 0.875. The zero-order chi connectivity index (χ0) is 4.41. The molecule has 0 atom stereocenters. The first-order valence-corrected chi connectivity index (χ1v) is 2.58. The number of rotatable bonds is 0. The van der Waals surface area contributed by atoms with E-state index in [2.05, 4.69) is 11.9 Å². The lowest BCUT2D eigenvalue weighted by atomic mass is 10.4. The van der Waals surface area contributed by atoms with Gasteiger partial charge in [0.15, 0.2) is 0 Å². The average Bonchev–Trinajstić information content (AvgIpc) is 1.86. The van der Waals surface area contributed by atoms with Crippen LogP contribution in [0.2, 0.25) is 0 Å². The molecule has 38 valence electrons. The first-order valence-electron chi connectivity index (χ1n) is 2.58. The van der Waals surface area contributed by atoms with E-state index in [9.17, 15) is 0 Å². The quantitative estimate of drug-likeness (QED) is 0.425. The van der Waals surface area contributed by atoms with E-state index in [1.807, 2.05) is 0 Å². The summed E-state index contributed by atoms with van der Waals surface area (Å²) < 4.78 is 0. The van der Waals surface area contributed by atoms with Crippen LogP contribution in [-0.2, 0) is 0 Å². The minimum absolute atomic E-state index is 0. The SMILES string of the molecule is CN1CCCC1.[HH]. The highest BCUT2D eigenvalue weighted by atomic mass is 15.1. The Hall–Kier alpha value is -0.0400. The van der Waals surface area contributed by atoms with Crippen molar-refractivity contribution in [2.24, 2.45) is 0 Å². The molecule has 0 aromatic carbocycles. The van der Waals surface area contributed by atoms with Crippen molar-refractivity contribution >= 4 is 0 Å². The molecule has 1 heterocycles. The Labute approximate surface area is 40.4 Å². The van der Waals surface area contributed by atoms with E-state index in [1.165, 1.54) is 25.9 Å². The maximum absolute atomic E-state index is 2.36. The summed E-state index contributed by atoms with van der Waals surface area (Å²) in [6.07, 6.45) is 2.83. The van der Waals surface area contributed by atoms with Gasteiger partial charge in [0.2, 0.25) is 0 Å². The summed E-state index contributed by atoms with van der Waals surface area (Å²) in [6.45, 7) is 2.64. The Bertz CT molecular complexity index is 41.3. The fraction of sp³-hybridized carbons (Fsp3) is 1.00. The highest BCUT2D eigenvalue weighted by molar-refractivity contribution is 4.59. The molecule has 1 nitrogen and oxygen atoms in total. The summed E-state index contributed by atoms with van der Waals surface area (Å²) in [5.41, 5.74) is 0. The molecule has 0 spiro atoms. The molecule has 1 heteroatoms. The van der Waals surface area contributed by atoms with Gasteiger partial charge in [-0.1, -0.05) is 0 Å². The maximum Gasteiger partial charge on any atom is 0 e. The van der Waals surface area contributed by atoms with Gasteiger partial charge in [0.25, 0.3) is 0 Å². The third-order valence-corrected chi connectivity index (χ3v) is 1.33. The van der Waals surface area contributed by atoms with E-state index in [4.69, 9.17) is 0 Å². The second-order valence-electron chi connectivity index (χ2n) is 2.01. The first kappa shape index (κ1) is 4.13. The molecule has 0 radical (unpaired) electrons. The van der Waals surface area contributed by atoms with Crippen LogP contribution in [0.3, 0.4) is 0 Å². The van der Waals surface area contributed by atoms with Gasteiger partial charge in [0.1, 0.15) is 0 Å². The molecule has 1 aliphatic rings. The van der Waals surface area contributed by atoms with Crippen LogP contribution >= 0.6 is 0 Å². The number of nitrogens with zero attached hydrogens (tertiary/aromatic N) is 1. The van der Waals surface area contributed by atoms with E-state index in [0.29, 0.717) is 0 Å². The summed E-state index contributed by atoms with van der Waals surface area (Å²) in [7, 11) is 2.17. The van der Waals surface area contributed by atoms with Crippen molar-refractivity contribution in [2.75, 3.05) is 20.1 Å². The van der Waals surface area contributed by atoms with Gasteiger partial charge in [0.05, 0.1) is 0 Å². The van der Waals surface area contributed by atoms with E-state index < -0.39 is 0 Å². The van der Waals surface area contributed by atoms with Gasteiger partial charge in [-0.25, -0.2) is 0 Å². The molecule has 1 fully saturated rings. The second kappa shape index (κ2) is 1.61. The van der Waals surface area contributed by atoms with Gasteiger partial charge >= 0.3 is 0 Å². The summed E-state index contributed by atoms with van der Waals surface area (Å²) in [5.74, 6) is 0. The number of hydrogen-bond donors (Lipinski definition) is 0. The summed E-state index contributed by atoms with van der Waals surface area (Å²) in [6, 6.07) is 0. The molecule has 0 amide bonds. The molecule has 0 unspecified atom stereocenters. The molecule has 0 saturated carbocycles. The van der Waals surface area contributed by atoms with Crippen LogP contribution in [0.25, 0.3) is 0 Å². The minimum Gasteiger partial charge on any atom is -0.306 e. The van der Waals surface area contributed by atoms with E-state index in [-0.39, 0.29) is 1.43 Å². The average molecular weight is 87.2 g/mol. The monoisotopic (exact) mass is 87.1 g/mol. The topological polar surface area (TPSA) is 3.24 Å². The standard InChI is InChI=1S/C5H11N.H2/c1-6-4-2-3-5-6;/h2-5H2,1H3;1H. The molecule has 1 aliphatic heterocycles. The zero-order valence-corrected chi connectivity index (χ0v) is 4.28. The Morgan fingerprint density at radius 2 is 1.83 bits per heavy atom. The molecule has 1 rings (SSSR count). The van der Waals surface area contributed by atoms with E-state index in [1.54, 1.807) is 0 Å². The van der Waals surface area contributed by atoms with Gasteiger partial charge in [-0.05, 0) is 33.0 Å². The van der Waals surface area contributed by atoms with Crippen LogP contribution in [0.1, 0.15) is 14.3 Å². The normalized spacial score (nSPS) is 25.5. The summed E-state index contributed by atoms with van der Waals surface area (Å²) >= 11 is 0. The molecule has 0 N–H and O–H groups in total. The number of likely N-dealkylation sites (tertiary alicyclic amines) is 1. The largest absolute Gasteiger partial charge is 0.306 e. The van der Waals surface area contributed by atoms with Crippen molar-refractivity contribution < 1.29 is 1.43 Å². The van der Waals surface area contributed by atoms with Crippen LogP contribution in [0.5, 0.6) is 0 Å². The molecule has 0 bridgehead atoms. The summed E-state index contributed by atoms with van der Waals surface area (Å²) in [4.78, 5) is 2.36. The Balaban J connectivity index is 0.000000360. The fourth-order valence-electron chi connectivity index (χ4n) is 0.875. The van der Waals surface area contributed by atoms with Crippen molar-refractivity contribution in [1.82, 2.24) is 4.90 Å². The van der Waals surface area contributed by atoms with Gasteiger partial charge in [-0.3, -0.25) is 0 Å². The minimum atomic E-state index is 0. The zero-order valence-electron chi connectivity index (χ0n) is 4.28. The lowest BCUT2D eigenvalue weighted by molar-refractivity contribution is 0.418. The van der Waals surface area contributed by atoms with Crippen molar-refractivity contribution in [3.8, 4) is 0 Å². The molecular weight excluding hydrogens is 74.1 g/mol. The Morgan fingerprint density at radius 1 is 1.33 bits per heavy atom. The Kier molecular flexibility index (Phi) is 1.10. The molecule has 1 saturated heterocycles. The van der Waals surface area contributed by atoms with E-state index >= 15 is 0 Å². The van der Waals surface area contributed by atoms with E-state index in [0.717, 1.165) is 0 Å². The van der Waals surface area contributed by atoms with Gasteiger partial charge in [-0.2, -0.15) is 0 Å². The predicted molar refractivity (Wildman–Crippen MR) is 28.8 cm³/mol. The smallest absolute Gasteiger partial charge is 0 e. The molecular formula is C5H13N. The van der Waals surface area contributed by atoms with Crippen LogP contribution in [0.15, 0.2) is 0 Å². The van der Waals surface area contributed by atoms with Crippen molar-refractivity contribution in [3.05, 3.63) is 0 Å². The van der Waals surface area contributed by atoms with Crippen LogP contribution < -0.4 is 0 Å². The predicted octanol–water partition coefficient (Wildman–Crippen LogP) is 0.958. The third-order valence-electron chi connectivity index (χ3n) is 1.33. The summed E-state index contributed by atoms with van der Waals surface area (Å²) in [5, 5.41) is 0. The third kappa shape index (κ3) is 0.716. The van der Waals surface area contributed by atoms with Gasteiger partial charge in [-0.15, -0.1) is 0 Å². The lowest BCUT2D eigenvalue weighted by Gasteiger charge is -2.01. The molecule has 0 aliphatic carbocycles. The lowest BCUT2D eigenvalue weighted by Crippen LogP contribution is -2.10. The van der Waals surface area contributed by atoms with Crippen LogP contribution in [0, 0.1) is 0 Å². The number of hydrogen-bond acceptors (Lipinski definition) is 1. The van der Waals surface area contributed by atoms with Crippen molar-refractivity contribution in [3.63, 3.8) is 0 Å². The van der Waals surface area contributed by atoms with Gasteiger partial charge < -0.3 is 4.90 Å². The maximum atomic E-state index is 2.36. The Morgan fingerprint density at radius 3 is 2.00 bits per heavy atom. The molecule has 6 heavy (non-hydrogen) atoms. The second-order valence-corrected chi connectivity index (χ2v) is 2.01.